The van der Waals surface area contributed by atoms with Crippen molar-refractivity contribution in [1.82, 2.24) is 5.48 Å². The van der Waals surface area contributed by atoms with Gasteiger partial charge in [0.1, 0.15) is 0 Å². The van der Waals surface area contributed by atoms with E-state index in [-0.39, 0.29) is 5.91 Å². The quantitative estimate of drug-likeness (QED) is 0.308. The van der Waals surface area contributed by atoms with Gasteiger partial charge in [-0.1, -0.05) is 22.5 Å². The van der Waals surface area contributed by atoms with Crippen molar-refractivity contribution < 1.29 is 9.63 Å². The molecule has 1 N–H and O–H groups in total. The predicted molar refractivity (Wildman–Crippen MR) is 38.1 cm³/mol. The number of nitrogens with one attached hydrogen (secondary N) is 1. The molecule has 4 heteroatoms. The van der Waals surface area contributed by atoms with Crippen molar-refractivity contribution in [2.45, 2.75) is 0 Å². The summed E-state index contributed by atoms with van der Waals surface area (Å²) in [5.41, 5.74) is 2.15. The van der Waals surface area contributed by atoms with Crippen LogP contribution in [0.5, 0.6) is 0 Å². The summed E-state index contributed by atoms with van der Waals surface area (Å²) in [6, 6.07) is 0. The molecule has 0 aliphatic rings. The van der Waals surface area contributed by atoms with Gasteiger partial charge in [-0.25, -0.2) is 5.48 Å². The van der Waals surface area contributed by atoms with Gasteiger partial charge < -0.3 is 0 Å². The van der Waals surface area contributed by atoms with Gasteiger partial charge in [0.2, 0.25) is 0 Å². The second-order valence-electron chi connectivity index (χ2n) is 1.21. The molecule has 0 heterocycles. The van der Waals surface area contributed by atoms with Crippen LogP contribution >= 0.6 is 15.9 Å². The number of carbonyl (C=O) groups is 1. The summed E-state index contributed by atoms with van der Waals surface area (Å²) in [5, 5.41) is 0.699. The normalized spacial score (nSPS) is 8.56. The molecule has 9 heavy (non-hydrogen) atoms. The maximum absolute atomic E-state index is 10.3. The van der Waals surface area contributed by atoms with Crippen LogP contribution in [0.1, 0.15) is 0 Å². The summed E-state index contributed by atoms with van der Waals surface area (Å²) < 4.78 is 0. The van der Waals surface area contributed by atoms with Crippen molar-refractivity contribution >= 4 is 21.8 Å². The fraction of sp³-hybridized carbons (Fsp3) is 0.400. The zero-order valence-electron chi connectivity index (χ0n) is 4.89. The smallest absolute Gasteiger partial charge is 0.266 e. The predicted octanol–water partition coefficient (Wildman–Crippen LogP) is 0.615. The van der Waals surface area contributed by atoms with E-state index in [9.17, 15) is 4.79 Å². The first-order valence-corrected chi connectivity index (χ1v) is 3.53. The van der Waals surface area contributed by atoms with Gasteiger partial charge in [-0.05, 0) is 6.08 Å². The molecule has 0 aromatic rings. The van der Waals surface area contributed by atoms with Gasteiger partial charge in [-0.15, -0.1) is 0 Å². The molecule has 0 saturated carbocycles. The van der Waals surface area contributed by atoms with Gasteiger partial charge in [0.25, 0.3) is 5.91 Å². The molecule has 0 aromatic carbocycles. The number of hydrogen-bond donors (Lipinski definition) is 1. The fourth-order valence-electron chi connectivity index (χ4n) is 0.202. The average Bonchev–Trinajstić information content (AvgIpc) is 1.89. The number of hydrogen-bond acceptors (Lipinski definition) is 2. The van der Waals surface area contributed by atoms with Gasteiger partial charge in [-0.3, -0.25) is 9.63 Å². The van der Waals surface area contributed by atoms with Crippen LogP contribution in [0.15, 0.2) is 12.7 Å². The molecule has 0 bridgehead atoms. The Morgan fingerprint density at radius 1 is 1.89 bits per heavy atom. The number of amides is 1. The van der Waals surface area contributed by atoms with Crippen LogP contribution in [-0.2, 0) is 9.63 Å². The van der Waals surface area contributed by atoms with Crippen LogP contribution in [0, 0.1) is 0 Å². The first kappa shape index (κ1) is 8.65. The summed E-state index contributed by atoms with van der Waals surface area (Å²) in [5.74, 6) is -0.323. The van der Waals surface area contributed by atoms with E-state index in [4.69, 9.17) is 0 Å². The monoisotopic (exact) mass is 193 g/mol. The molecule has 52 valence electrons. The topological polar surface area (TPSA) is 38.3 Å². The maximum atomic E-state index is 10.3. The van der Waals surface area contributed by atoms with E-state index in [1.165, 1.54) is 0 Å². The standard InChI is InChI=1S/C5H8BrNO2/c1-2-5(8)7-9-4-3-6/h2H,1,3-4H2,(H,7,8). The Kier molecular flexibility index (Phi) is 5.56. The molecule has 0 saturated heterocycles. The lowest BCUT2D eigenvalue weighted by Crippen LogP contribution is -2.21. The van der Waals surface area contributed by atoms with E-state index >= 15 is 0 Å². The molecule has 0 aliphatic carbocycles. The Balaban J connectivity index is 3.07. The zero-order chi connectivity index (χ0) is 7.11. The molecule has 0 atom stereocenters. The Hall–Kier alpha value is -0.350. The van der Waals surface area contributed by atoms with Gasteiger partial charge in [0.05, 0.1) is 6.61 Å². The first-order chi connectivity index (χ1) is 4.31. The second-order valence-corrected chi connectivity index (χ2v) is 2.00. The zero-order valence-corrected chi connectivity index (χ0v) is 6.48. The van der Waals surface area contributed by atoms with Crippen molar-refractivity contribution in [3.8, 4) is 0 Å². The lowest BCUT2D eigenvalue weighted by molar-refractivity contribution is -0.127. The summed E-state index contributed by atoms with van der Waals surface area (Å²) in [7, 11) is 0. The van der Waals surface area contributed by atoms with E-state index in [0.29, 0.717) is 11.9 Å². The summed E-state index contributed by atoms with van der Waals surface area (Å²) in [6.45, 7) is 3.69. The molecule has 0 radical (unpaired) electrons. The third kappa shape index (κ3) is 5.52. The Morgan fingerprint density at radius 3 is 3.00 bits per heavy atom. The van der Waals surface area contributed by atoms with Crippen molar-refractivity contribution in [3.05, 3.63) is 12.7 Å². The summed E-state index contributed by atoms with van der Waals surface area (Å²) >= 11 is 3.12. The molecule has 0 spiro atoms. The first-order valence-electron chi connectivity index (χ1n) is 2.41. The third-order valence-corrected chi connectivity index (χ3v) is 0.861. The van der Waals surface area contributed by atoms with E-state index in [1.54, 1.807) is 0 Å². The van der Waals surface area contributed by atoms with Crippen LogP contribution in [0.2, 0.25) is 0 Å². The van der Waals surface area contributed by atoms with Crippen LogP contribution < -0.4 is 5.48 Å². The number of hydroxylamine groups is 1. The second kappa shape index (κ2) is 5.78. The molecule has 3 nitrogen and oxygen atoms in total. The van der Waals surface area contributed by atoms with Crippen LogP contribution in [0.3, 0.4) is 0 Å². The fourth-order valence-corrected chi connectivity index (χ4v) is 0.364. The van der Waals surface area contributed by atoms with E-state index in [1.807, 2.05) is 0 Å². The minimum atomic E-state index is -0.323. The van der Waals surface area contributed by atoms with Gasteiger partial charge in [-0.2, -0.15) is 0 Å². The van der Waals surface area contributed by atoms with Crippen LogP contribution in [0.4, 0.5) is 0 Å². The van der Waals surface area contributed by atoms with Crippen molar-refractivity contribution in [1.29, 1.82) is 0 Å². The molecule has 0 rings (SSSR count). The molecule has 0 aromatic heterocycles. The highest BCUT2D eigenvalue weighted by Crippen LogP contribution is 1.77. The highest BCUT2D eigenvalue weighted by Gasteiger charge is 1.89. The maximum Gasteiger partial charge on any atom is 0.266 e. The minimum absolute atomic E-state index is 0.323. The SMILES string of the molecule is C=CC(=O)NOCCBr. The molecular formula is C5H8BrNO2. The molecule has 0 aliphatic heterocycles. The summed E-state index contributed by atoms with van der Waals surface area (Å²) in [4.78, 5) is 14.9. The van der Waals surface area contributed by atoms with Gasteiger partial charge in [0, 0.05) is 5.33 Å². The largest absolute Gasteiger partial charge is 0.273 e. The lowest BCUT2D eigenvalue weighted by Gasteiger charge is -1.98. The van der Waals surface area contributed by atoms with Crippen molar-refractivity contribution in [3.63, 3.8) is 0 Å². The summed E-state index contributed by atoms with van der Waals surface area (Å²) in [6.07, 6.45) is 1.15. The van der Waals surface area contributed by atoms with E-state index in [0.717, 1.165) is 6.08 Å². The highest BCUT2D eigenvalue weighted by atomic mass is 79.9. The molecular weight excluding hydrogens is 186 g/mol. The number of halogens is 1. The third-order valence-electron chi connectivity index (χ3n) is 0.537. The van der Waals surface area contributed by atoms with Gasteiger partial charge >= 0.3 is 0 Å². The van der Waals surface area contributed by atoms with E-state index < -0.39 is 0 Å². The lowest BCUT2D eigenvalue weighted by atomic mass is 10.6. The number of rotatable bonds is 4. The minimum Gasteiger partial charge on any atom is -0.273 e. The average molecular weight is 194 g/mol. The number of carbonyl (C=O) groups excluding carboxylic acids is 1. The molecule has 0 fully saturated rings. The Morgan fingerprint density at radius 2 is 2.56 bits per heavy atom. The Bertz CT molecular complexity index is 105. The van der Waals surface area contributed by atoms with Crippen molar-refractivity contribution in [2.75, 3.05) is 11.9 Å². The molecule has 0 unspecified atom stereocenters. The van der Waals surface area contributed by atoms with Crippen LogP contribution in [-0.4, -0.2) is 17.8 Å². The Labute approximate surface area is 62.2 Å². The van der Waals surface area contributed by atoms with Crippen molar-refractivity contribution in [2.24, 2.45) is 0 Å². The highest BCUT2D eigenvalue weighted by molar-refractivity contribution is 9.09. The van der Waals surface area contributed by atoms with Gasteiger partial charge in [0.15, 0.2) is 0 Å². The number of alkyl halides is 1. The molecule has 1 amide bonds. The van der Waals surface area contributed by atoms with Crippen LogP contribution in [0.25, 0.3) is 0 Å². The van der Waals surface area contributed by atoms with E-state index in [2.05, 4.69) is 32.8 Å².